The van der Waals surface area contributed by atoms with Crippen LogP contribution in [-0.2, 0) is 9.47 Å². The van der Waals surface area contributed by atoms with Gasteiger partial charge in [-0.3, -0.25) is 9.89 Å². The molecule has 3 atom stereocenters. The fraction of sp³-hybridized carbons (Fsp3) is 0.952. The summed E-state index contributed by atoms with van der Waals surface area (Å²) in [4.78, 5) is 7.80. The summed E-state index contributed by atoms with van der Waals surface area (Å²) in [6.07, 6.45) is 6.42. The zero-order valence-corrected chi connectivity index (χ0v) is 17.4. The highest BCUT2D eigenvalue weighted by molar-refractivity contribution is 5.80. The van der Waals surface area contributed by atoms with Crippen molar-refractivity contribution in [2.75, 3.05) is 46.0 Å². The molecule has 0 bridgehead atoms. The predicted octanol–water partition coefficient (Wildman–Crippen LogP) is 2.00. The molecule has 3 aliphatic heterocycles. The summed E-state index contributed by atoms with van der Waals surface area (Å²) >= 11 is 0. The van der Waals surface area contributed by atoms with Gasteiger partial charge in [0.2, 0.25) is 0 Å². The molecule has 6 nitrogen and oxygen atoms in total. The van der Waals surface area contributed by atoms with Gasteiger partial charge >= 0.3 is 0 Å². The minimum absolute atomic E-state index is 0.169. The summed E-state index contributed by atoms with van der Waals surface area (Å²) < 4.78 is 11.6. The first-order chi connectivity index (χ1) is 13.1. The number of guanidine groups is 1. The molecule has 154 valence electrons. The van der Waals surface area contributed by atoms with Gasteiger partial charge in [-0.1, -0.05) is 13.8 Å². The number of nitrogens with zero attached hydrogens (tertiary/aromatic N) is 2. The van der Waals surface area contributed by atoms with Gasteiger partial charge in [0.1, 0.15) is 0 Å². The number of aliphatic imine (C=N–C) groups is 1. The van der Waals surface area contributed by atoms with Crippen LogP contribution < -0.4 is 10.6 Å². The van der Waals surface area contributed by atoms with E-state index in [4.69, 9.17) is 14.5 Å². The zero-order chi connectivity index (χ0) is 18.9. The van der Waals surface area contributed by atoms with Gasteiger partial charge in [-0.2, -0.15) is 0 Å². The van der Waals surface area contributed by atoms with Crippen LogP contribution in [0.4, 0.5) is 0 Å². The van der Waals surface area contributed by atoms with Crippen molar-refractivity contribution >= 4 is 5.96 Å². The number of likely N-dealkylation sites (tertiary alicyclic amines) is 1. The van der Waals surface area contributed by atoms with Crippen LogP contribution in [0.15, 0.2) is 4.99 Å². The number of fused-ring (bicyclic) bond motifs is 1. The van der Waals surface area contributed by atoms with Gasteiger partial charge in [0.25, 0.3) is 0 Å². The second-order valence-electron chi connectivity index (χ2n) is 9.41. The molecule has 0 aromatic heterocycles. The average molecular weight is 379 g/mol. The van der Waals surface area contributed by atoms with Crippen molar-refractivity contribution < 1.29 is 9.47 Å². The fourth-order valence-electron chi connectivity index (χ4n) is 5.83. The van der Waals surface area contributed by atoms with Crippen molar-refractivity contribution in [3.63, 3.8) is 0 Å². The number of ether oxygens (including phenoxy) is 2. The lowest BCUT2D eigenvalue weighted by molar-refractivity contribution is -0.106. The van der Waals surface area contributed by atoms with E-state index in [1.165, 1.54) is 32.4 Å². The smallest absolute Gasteiger partial charge is 0.191 e. The Hall–Kier alpha value is -0.850. The van der Waals surface area contributed by atoms with Crippen molar-refractivity contribution in [3.05, 3.63) is 0 Å². The lowest BCUT2D eigenvalue weighted by Gasteiger charge is -2.55. The molecular weight excluding hydrogens is 340 g/mol. The predicted molar refractivity (Wildman–Crippen MR) is 108 cm³/mol. The molecule has 1 aliphatic carbocycles. The van der Waals surface area contributed by atoms with Gasteiger partial charge in [0, 0.05) is 49.3 Å². The third-order valence-corrected chi connectivity index (χ3v) is 7.47. The van der Waals surface area contributed by atoms with Gasteiger partial charge in [0.15, 0.2) is 5.96 Å². The van der Waals surface area contributed by atoms with E-state index in [0.717, 1.165) is 51.7 Å². The molecule has 2 N–H and O–H groups in total. The van der Waals surface area contributed by atoms with Crippen LogP contribution >= 0.6 is 0 Å². The Kier molecular flexibility index (Phi) is 5.68. The Morgan fingerprint density at radius 3 is 2.59 bits per heavy atom. The van der Waals surface area contributed by atoms with E-state index in [9.17, 15) is 0 Å². The van der Waals surface area contributed by atoms with Crippen LogP contribution in [0.1, 0.15) is 52.9 Å². The zero-order valence-electron chi connectivity index (χ0n) is 17.4. The van der Waals surface area contributed by atoms with Crippen molar-refractivity contribution in [1.82, 2.24) is 15.5 Å². The third kappa shape index (κ3) is 3.60. The highest BCUT2D eigenvalue weighted by atomic mass is 16.5. The summed E-state index contributed by atoms with van der Waals surface area (Å²) in [6, 6.07) is 0.445. The minimum atomic E-state index is 0.169. The molecule has 4 aliphatic rings. The van der Waals surface area contributed by atoms with Crippen molar-refractivity contribution in [2.45, 2.75) is 70.6 Å². The maximum Gasteiger partial charge on any atom is 0.191 e. The van der Waals surface area contributed by atoms with E-state index in [1.54, 1.807) is 0 Å². The molecule has 3 unspecified atom stereocenters. The van der Waals surface area contributed by atoms with Gasteiger partial charge in [-0.05, 0) is 52.1 Å². The lowest BCUT2D eigenvalue weighted by Crippen LogP contribution is -2.68. The number of hydrogen-bond acceptors (Lipinski definition) is 4. The molecule has 0 spiro atoms. The molecule has 1 saturated carbocycles. The maximum absolute atomic E-state index is 5.96. The van der Waals surface area contributed by atoms with Gasteiger partial charge in [-0.25, -0.2) is 0 Å². The van der Waals surface area contributed by atoms with E-state index in [1.807, 2.05) is 0 Å². The number of rotatable bonds is 5. The largest absolute Gasteiger partial charge is 0.381 e. The first kappa shape index (κ1) is 19.5. The van der Waals surface area contributed by atoms with Crippen LogP contribution in [0.3, 0.4) is 0 Å². The molecule has 0 amide bonds. The number of nitrogens with one attached hydrogen (secondary N) is 2. The van der Waals surface area contributed by atoms with Gasteiger partial charge in [0.05, 0.1) is 12.6 Å². The Morgan fingerprint density at radius 2 is 1.89 bits per heavy atom. The van der Waals surface area contributed by atoms with E-state index in [-0.39, 0.29) is 11.0 Å². The highest BCUT2D eigenvalue weighted by Gasteiger charge is 2.59. The van der Waals surface area contributed by atoms with Gasteiger partial charge in [-0.15, -0.1) is 0 Å². The van der Waals surface area contributed by atoms with E-state index < -0.39 is 0 Å². The fourth-order valence-corrected chi connectivity index (χ4v) is 5.83. The Labute approximate surface area is 164 Å². The van der Waals surface area contributed by atoms with E-state index in [0.29, 0.717) is 18.1 Å². The van der Waals surface area contributed by atoms with Crippen molar-refractivity contribution in [1.29, 1.82) is 0 Å². The van der Waals surface area contributed by atoms with E-state index in [2.05, 4.69) is 36.3 Å². The van der Waals surface area contributed by atoms with Crippen LogP contribution in [-0.4, -0.2) is 74.5 Å². The molecule has 0 aromatic rings. The summed E-state index contributed by atoms with van der Waals surface area (Å²) in [5, 5.41) is 7.27. The molecule has 4 fully saturated rings. The van der Waals surface area contributed by atoms with Crippen molar-refractivity contribution in [3.8, 4) is 0 Å². The van der Waals surface area contributed by atoms with E-state index >= 15 is 0 Å². The second-order valence-corrected chi connectivity index (χ2v) is 9.41. The van der Waals surface area contributed by atoms with Crippen LogP contribution in [0.2, 0.25) is 0 Å². The Balaban J connectivity index is 1.46. The maximum atomic E-state index is 5.96. The molecule has 0 radical (unpaired) electrons. The minimum Gasteiger partial charge on any atom is -0.381 e. The first-order valence-corrected chi connectivity index (χ1v) is 11.1. The average Bonchev–Trinajstić information content (AvgIpc) is 3.36. The van der Waals surface area contributed by atoms with Crippen LogP contribution in [0.25, 0.3) is 0 Å². The van der Waals surface area contributed by atoms with Crippen molar-refractivity contribution in [2.24, 2.45) is 16.3 Å². The quantitative estimate of drug-likeness (QED) is 0.566. The third-order valence-electron chi connectivity index (χ3n) is 7.47. The summed E-state index contributed by atoms with van der Waals surface area (Å²) in [5.41, 5.74) is 0.355. The van der Waals surface area contributed by atoms with Crippen LogP contribution in [0, 0.1) is 11.3 Å². The second kappa shape index (κ2) is 7.88. The molecule has 6 heteroatoms. The standard InChI is InChI=1S/C21H38N4O2/c1-4-22-19(24-17-16-7-12-27-18(16)20(17,2)3)23-15-21(8-13-26-14-9-21)25-10-5-6-11-25/h16-18H,4-15H2,1-3H3,(H2,22,23,24). The first-order valence-electron chi connectivity index (χ1n) is 11.1. The Bertz CT molecular complexity index is 538. The molecule has 0 aromatic carbocycles. The molecule has 4 rings (SSSR count). The summed E-state index contributed by atoms with van der Waals surface area (Å²) in [7, 11) is 0. The Morgan fingerprint density at radius 1 is 1.15 bits per heavy atom. The molecule has 3 heterocycles. The summed E-state index contributed by atoms with van der Waals surface area (Å²) in [6.45, 7) is 13.6. The van der Waals surface area contributed by atoms with Gasteiger partial charge < -0.3 is 20.1 Å². The SMILES string of the molecule is CCNC(=NCC1(N2CCCC2)CCOCC1)NC1C2CCOC2C1(C)C. The molecule has 3 saturated heterocycles. The highest BCUT2D eigenvalue weighted by Crippen LogP contribution is 2.52. The van der Waals surface area contributed by atoms with Crippen LogP contribution in [0.5, 0.6) is 0 Å². The normalized spacial score (nSPS) is 35.5. The number of hydrogen-bond donors (Lipinski definition) is 2. The molecular formula is C21H38N4O2. The molecule has 27 heavy (non-hydrogen) atoms. The lowest BCUT2D eigenvalue weighted by atomic mass is 9.57. The summed E-state index contributed by atoms with van der Waals surface area (Å²) in [5.74, 6) is 1.60. The topological polar surface area (TPSA) is 58.1 Å². The monoisotopic (exact) mass is 378 g/mol.